The van der Waals surface area contributed by atoms with E-state index in [1.54, 1.807) is 0 Å². The average Bonchev–Trinajstić information content (AvgIpc) is 2.14. The maximum atomic E-state index is 11.2. The monoisotopic (exact) mass is 207 g/mol. The molecule has 1 amide bonds. The lowest BCUT2D eigenvalue weighted by Gasteiger charge is -2.13. The van der Waals surface area contributed by atoms with Crippen molar-refractivity contribution in [2.75, 3.05) is 12.5 Å². The molecule has 0 spiro atoms. The van der Waals surface area contributed by atoms with Crippen molar-refractivity contribution in [3.63, 3.8) is 0 Å². The first-order valence-corrected chi connectivity index (χ1v) is 5.24. The molecule has 78 valence electrons. The predicted octanol–water partition coefficient (Wildman–Crippen LogP) is 1.28. The van der Waals surface area contributed by atoms with Gasteiger partial charge >= 0.3 is 0 Å². The fraction of sp³-hybridized carbons (Fsp3) is 0.889. The van der Waals surface area contributed by atoms with Gasteiger partial charge in [-0.1, -0.05) is 6.92 Å². The van der Waals surface area contributed by atoms with Gasteiger partial charge in [0.1, 0.15) is 0 Å². The minimum absolute atomic E-state index is 0.00557. The van der Waals surface area contributed by atoms with E-state index in [9.17, 15) is 4.79 Å². The molecule has 0 aromatic carbocycles. The number of hydrogen-bond donors (Lipinski definition) is 2. The predicted molar refractivity (Wildman–Crippen MR) is 53.9 cm³/mol. The highest BCUT2D eigenvalue weighted by Gasteiger charge is 2.07. The Balaban J connectivity index is 3.48. The quantitative estimate of drug-likeness (QED) is 0.488. The summed E-state index contributed by atoms with van der Waals surface area (Å²) in [5, 5.41) is 11.6. The van der Waals surface area contributed by atoms with E-state index in [4.69, 9.17) is 16.7 Å². The highest BCUT2D eigenvalue weighted by atomic mass is 35.5. The highest BCUT2D eigenvalue weighted by molar-refractivity contribution is 6.17. The molecule has 0 aliphatic heterocycles. The first-order valence-electron chi connectivity index (χ1n) is 4.70. The van der Waals surface area contributed by atoms with Crippen LogP contribution >= 0.6 is 11.6 Å². The number of alkyl halides is 1. The smallest absolute Gasteiger partial charge is 0.220 e. The van der Waals surface area contributed by atoms with E-state index >= 15 is 0 Å². The lowest BCUT2D eigenvalue weighted by Crippen LogP contribution is -2.36. The second kappa shape index (κ2) is 8.32. The Hall–Kier alpha value is -0.280. The summed E-state index contributed by atoms with van der Waals surface area (Å²) in [6.07, 6.45) is 2.95. The maximum absolute atomic E-state index is 11.2. The molecule has 0 radical (unpaired) electrons. The number of rotatable bonds is 7. The summed E-state index contributed by atoms with van der Waals surface area (Å²) >= 11 is 5.47. The number of aliphatic hydroxyl groups is 1. The number of halogens is 1. The third-order valence-corrected chi connectivity index (χ3v) is 2.13. The molecule has 0 aromatic heterocycles. The number of unbranched alkanes of at least 4 members (excludes halogenated alkanes) is 1. The number of aliphatic hydroxyl groups excluding tert-OH is 1. The van der Waals surface area contributed by atoms with Crippen molar-refractivity contribution in [1.82, 2.24) is 5.32 Å². The van der Waals surface area contributed by atoms with E-state index in [0.717, 1.165) is 19.3 Å². The zero-order chi connectivity index (χ0) is 10.1. The zero-order valence-electron chi connectivity index (χ0n) is 8.05. The van der Waals surface area contributed by atoms with Gasteiger partial charge in [-0.2, -0.15) is 0 Å². The molecule has 0 unspecified atom stereocenters. The van der Waals surface area contributed by atoms with E-state index in [2.05, 4.69) is 5.32 Å². The van der Waals surface area contributed by atoms with E-state index in [-0.39, 0.29) is 18.6 Å². The van der Waals surface area contributed by atoms with Crippen LogP contribution in [0.3, 0.4) is 0 Å². The van der Waals surface area contributed by atoms with Crippen LogP contribution in [0, 0.1) is 0 Å². The third-order valence-electron chi connectivity index (χ3n) is 1.87. The molecule has 2 N–H and O–H groups in total. The van der Waals surface area contributed by atoms with Gasteiger partial charge in [0.05, 0.1) is 12.6 Å². The van der Waals surface area contributed by atoms with Gasteiger partial charge in [0.15, 0.2) is 0 Å². The number of carbonyl (C=O) groups excluding carboxylic acids is 1. The van der Waals surface area contributed by atoms with E-state index in [1.807, 2.05) is 6.92 Å². The normalized spacial score (nSPS) is 12.5. The molecule has 0 fully saturated rings. The standard InChI is InChI=1S/C9H18ClNO2/c1-2-8(7-12)11-9(13)5-3-4-6-10/h8,12H,2-7H2,1H3,(H,11,13)/t8-/m1/s1. The van der Waals surface area contributed by atoms with Crippen LogP contribution < -0.4 is 5.32 Å². The second-order valence-corrected chi connectivity index (χ2v) is 3.38. The molecule has 3 nitrogen and oxygen atoms in total. The Morgan fingerprint density at radius 1 is 1.54 bits per heavy atom. The van der Waals surface area contributed by atoms with E-state index in [0.29, 0.717) is 12.3 Å². The lowest BCUT2D eigenvalue weighted by molar-refractivity contribution is -0.122. The number of hydrogen-bond acceptors (Lipinski definition) is 2. The second-order valence-electron chi connectivity index (χ2n) is 3.00. The van der Waals surface area contributed by atoms with Crippen molar-refractivity contribution in [3.05, 3.63) is 0 Å². The summed E-state index contributed by atoms with van der Waals surface area (Å²) in [5.41, 5.74) is 0. The van der Waals surface area contributed by atoms with Crippen molar-refractivity contribution >= 4 is 17.5 Å². The molecule has 1 atom stereocenters. The Morgan fingerprint density at radius 2 is 2.23 bits per heavy atom. The first kappa shape index (κ1) is 12.7. The van der Waals surface area contributed by atoms with Crippen LogP contribution in [0.1, 0.15) is 32.6 Å². The number of nitrogens with one attached hydrogen (secondary N) is 1. The topological polar surface area (TPSA) is 49.3 Å². The van der Waals surface area contributed by atoms with Gasteiger partial charge in [0.2, 0.25) is 5.91 Å². The Bertz CT molecular complexity index is 138. The highest BCUT2D eigenvalue weighted by Crippen LogP contribution is 1.98. The molecule has 0 bridgehead atoms. The molecule has 0 heterocycles. The molecule has 0 saturated heterocycles. The van der Waals surface area contributed by atoms with Crippen LogP contribution in [0.15, 0.2) is 0 Å². The van der Waals surface area contributed by atoms with Gasteiger partial charge in [-0.15, -0.1) is 11.6 Å². The molecule has 0 rings (SSSR count). The van der Waals surface area contributed by atoms with Gasteiger partial charge in [-0.05, 0) is 19.3 Å². The van der Waals surface area contributed by atoms with Crippen molar-refractivity contribution in [3.8, 4) is 0 Å². The summed E-state index contributed by atoms with van der Waals surface area (Å²) in [5.74, 6) is 0.607. The Kier molecular flexibility index (Phi) is 8.14. The lowest BCUT2D eigenvalue weighted by atomic mass is 10.2. The van der Waals surface area contributed by atoms with Crippen LogP contribution in [-0.4, -0.2) is 29.5 Å². The third kappa shape index (κ3) is 6.84. The minimum atomic E-state index is -0.0940. The molecule has 13 heavy (non-hydrogen) atoms. The molecular weight excluding hydrogens is 190 g/mol. The van der Waals surface area contributed by atoms with Gasteiger partial charge < -0.3 is 10.4 Å². The molecule has 0 aliphatic rings. The van der Waals surface area contributed by atoms with Gasteiger partial charge in [-0.25, -0.2) is 0 Å². The minimum Gasteiger partial charge on any atom is -0.394 e. The van der Waals surface area contributed by atoms with Crippen molar-refractivity contribution in [2.24, 2.45) is 0 Å². The van der Waals surface area contributed by atoms with Crippen molar-refractivity contribution in [2.45, 2.75) is 38.6 Å². The van der Waals surface area contributed by atoms with Crippen molar-refractivity contribution < 1.29 is 9.90 Å². The van der Waals surface area contributed by atoms with Crippen LogP contribution in [0.5, 0.6) is 0 Å². The summed E-state index contributed by atoms with van der Waals surface area (Å²) in [7, 11) is 0. The summed E-state index contributed by atoms with van der Waals surface area (Å²) in [6, 6.07) is -0.0940. The molecule has 4 heteroatoms. The first-order chi connectivity index (χ1) is 6.24. The molecule has 0 aliphatic carbocycles. The zero-order valence-corrected chi connectivity index (χ0v) is 8.81. The maximum Gasteiger partial charge on any atom is 0.220 e. The Labute approximate surface area is 84.5 Å². The summed E-state index contributed by atoms with van der Waals surface area (Å²) in [6.45, 7) is 1.94. The number of amides is 1. The molecule has 0 aromatic rings. The fourth-order valence-electron chi connectivity index (χ4n) is 0.957. The van der Waals surface area contributed by atoms with Crippen LogP contribution in [0.4, 0.5) is 0 Å². The van der Waals surface area contributed by atoms with Gasteiger partial charge in [-0.3, -0.25) is 4.79 Å². The molecular formula is C9H18ClNO2. The average molecular weight is 208 g/mol. The Morgan fingerprint density at radius 3 is 2.69 bits per heavy atom. The van der Waals surface area contributed by atoms with Crippen LogP contribution in [0.25, 0.3) is 0 Å². The number of carbonyl (C=O) groups is 1. The summed E-state index contributed by atoms with van der Waals surface area (Å²) in [4.78, 5) is 11.2. The van der Waals surface area contributed by atoms with Crippen LogP contribution in [-0.2, 0) is 4.79 Å². The fourth-order valence-corrected chi connectivity index (χ4v) is 1.15. The van der Waals surface area contributed by atoms with E-state index in [1.165, 1.54) is 0 Å². The van der Waals surface area contributed by atoms with Gasteiger partial charge in [0.25, 0.3) is 0 Å². The SMILES string of the molecule is CC[C@H](CO)NC(=O)CCCCCl. The summed E-state index contributed by atoms with van der Waals surface area (Å²) < 4.78 is 0. The largest absolute Gasteiger partial charge is 0.394 e. The van der Waals surface area contributed by atoms with Gasteiger partial charge in [0, 0.05) is 12.3 Å². The van der Waals surface area contributed by atoms with E-state index < -0.39 is 0 Å². The molecule has 0 saturated carbocycles. The van der Waals surface area contributed by atoms with Crippen molar-refractivity contribution in [1.29, 1.82) is 0 Å². The van der Waals surface area contributed by atoms with Crippen LogP contribution in [0.2, 0.25) is 0 Å².